The number of nitrogens with two attached hydrogens (primary N) is 2. The highest BCUT2D eigenvalue weighted by Crippen LogP contribution is 2.42. The molecule has 0 saturated carbocycles. The van der Waals surface area contributed by atoms with Gasteiger partial charge in [0.25, 0.3) is 0 Å². The number of piperidine rings is 2. The second-order valence-electron chi connectivity index (χ2n) is 14.1. The first-order chi connectivity index (χ1) is 21.5. The fourth-order valence-electron chi connectivity index (χ4n) is 8.11. The molecule has 3 saturated heterocycles. The van der Waals surface area contributed by atoms with Gasteiger partial charge in [-0.3, -0.25) is 9.69 Å². The van der Waals surface area contributed by atoms with Gasteiger partial charge in [0.15, 0.2) is 15.7 Å². The Morgan fingerprint density at radius 3 is 2.44 bits per heavy atom. The molecule has 3 fully saturated rings. The van der Waals surface area contributed by atoms with Crippen molar-refractivity contribution in [2.75, 3.05) is 45.9 Å². The Labute approximate surface area is 270 Å². The monoisotopic (exact) mass is 654 g/mol. The summed E-state index contributed by atoms with van der Waals surface area (Å²) in [6.45, 7) is 11.1. The molecule has 10 nitrogen and oxygen atoms in total. The van der Waals surface area contributed by atoms with Gasteiger partial charge in [-0.1, -0.05) is 46.5 Å². The summed E-state index contributed by atoms with van der Waals surface area (Å²) in [6, 6.07) is -0.657. The molecule has 5 unspecified atom stereocenters. The number of nitrogens with one attached hydrogen (secondary N) is 1. The lowest BCUT2D eigenvalue weighted by Gasteiger charge is -2.47. The van der Waals surface area contributed by atoms with E-state index in [1.54, 1.807) is 0 Å². The van der Waals surface area contributed by atoms with Crippen LogP contribution in [0.5, 0.6) is 0 Å². The molecule has 4 heterocycles. The third kappa shape index (κ3) is 9.15. The number of halogens is 1. The second kappa shape index (κ2) is 16.6. The van der Waals surface area contributed by atoms with Gasteiger partial charge in [0.2, 0.25) is 5.91 Å². The summed E-state index contributed by atoms with van der Waals surface area (Å²) in [5.41, 5.74) is 12.5. The molecular formula is C33H59FN6O4S. The first kappa shape index (κ1) is 36.4. The molecule has 12 heteroatoms. The van der Waals surface area contributed by atoms with E-state index in [2.05, 4.69) is 46.8 Å². The molecule has 0 radical (unpaired) electrons. The molecule has 5 N–H and O–H groups in total. The standard InChI is InChI=1S/C33H59FN6O4S/c1-4-7-8-15-39-16-12-29(40-17-10-25(11-18-40)45(42,43)26-22-44-23-26)28(21-39)38-32(41)30(31(35)36)27-19-33(6-3,13-5-2)14-9-24(34)20-37-27/h25-31H,4-19,21-23,35-36H2,1-3H3,(H,38,41). The summed E-state index contributed by atoms with van der Waals surface area (Å²) in [4.78, 5) is 23.5. The molecule has 0 aromatic rings. The van der Waals surface area contributed by atoms with Gasteiger partial charge in [0, 0.05) is 24.9 Å². The first-order valence-electron chi connectivity index (χ1n) is 17.6. The molecule has 45 heavy (non-hydrogen) atoms. The number of carbonyl (C=O) groups excluding carboxylic acids is 1. The number of nitrogens with zero attached hydrogens (tertiary/aromatic N) is 3. The zero-order chi connectivity index (χ0) is 32.6. The van der Waals surface area contributed by atoms with Crippen LogP contribution in [-0.2, 0) is 19.4 Å². The summed E-state index contributed by atoms with van der Waals surface area (Å²) in [5.74, 6) is 1.13. The number of allylic oxidation sites excluding steroid dienone is 1. The number of sulfone groups is 1. The highest BCUT2D eigenvalue weighted by atomic mass is 32.2. The van der Waals surface area contributed by atoms with Crippen molar-refractivity contribution in [2.45, 2.75) is 133 Å². The minimum Gasteiger partial charge on any atom is -0.379 e. The number of hydrogen-bond acceptors (Lipinski definition) is 9. The second-order valence-corrected chi connectivity index (χ2v) is 16.6. The number of amides is 1. The third-order valence-corrected chi connectivity index (χ3v) is 13.7. The fraction of sp³-hybridized carbons (Fsp3) is 0.909. The van der Waals surface area contributed by atoms with Crippen LogP contribution in [0.25, 0.3) is 0 Å². The minimum absolute atomic E-state index is 0.0784. The van der Waals surface area contributed by atoms with E-state index in [0.29, 0.717) is 65.0 Å². The van der Waals surface area contributed by atoms with Crippen molar-refractivity contribution in [2.24, 2.45) is 27.8 Å². The van der Waals surface area contributed by atoms with Crippen molar-refractivity contribution >= 4 is 21.6 Å². The Bertz CT molecular complexity index is 1140. The van der Waals surface area contributed by atoms with E-state index in [4.69, 9.17) is 16.2 Å². The van der Waals surface area contributed by atoms with Crippen LogP contribution >= 0.6 is 0 Å². The van der Waals surface area contributed by atoms with Gasteiger partial charge in [-0.05, 0) is 76.5 Å². The highest BCUT2D eigenvalue weighted by molar-refractivity contribution is 7.92. The Morgan fingerprint density at radius 2 is 1.84 bits per heavy atom. The Balaban J connectivity index is 1.52. The normalized spacial score (nSPS) is 30.4. The van der Waals surface area contributed by atoms with Gasteiger partial charge in [0.1, 0.15) is 5.25 Å². The van der Waals surface area contributed by atoms with Crippen LogP contribution < -0.4 is 16.8 Å². The van der Waals surface area contributed by atoms with E-state index in [1.807, 2.05) is 0 Å². The van der Waals surface area contributed by atoms with Gasteiger partial charge >= 0.3 is 0 Å². The number of likely N-dealkylation sites (tertiary alicyclic amines) is 2. The van der Waals surface area contributed by atoms with E-state index >= 15 is 0 Å². The smallest absolute Gasteiger partial charge is 0.228 e. The predicted molar refractivity (Wildman–Crippen MR) is 177 cm³/mol. The third-order valence-electron chi connectivity index (χ3n) is 11.1. The lowest BCUT2D eigenvalue weighted by molar-refractivity contribution is -0.128. The van der Waals surface area contributed by atoms with Crippen LogP contribution in [0.1, 0.15) is 97.8 Å². The SMILES string of the molecule is CCCCCN1CCC(N2CCC(S(=O)(=O)C3COC3)CC2)C(NC(=O)C(C(N)N)C2CC(CC)(CCC)CCC(F)=C=N2)C1. The van der Waals surface area contributed by atoms with Crippen LogP contribution in [0.15, 0.2) is 10.8 Å². The number of aliphatic imine (C=N–C) groups is 1. The molecule has 0 bridgehead atoms. The lowest BCUT2D eigenvalue weighted by Crippen LogP contribution is -2.64. The number of unbranched alkanes of at least 4 members (excludes halogenated alkanes) is 2. The largest absolute Gasteiger partial charge is 0.379 e. The highest BCUT2D eigenvalue weighted by Gasteiger charge is 2.44. The number of hydrogen-bond donors (Lipinski definition) is 3. The number of rotatable bonds is 14. The molecule has 0 aromatic carbocycles. The zero-order valence-corrected chi connectivity index (χ0v) is 28.7. The molecule has 0 aliphatic carbocycles. The topological polar surface area (TPSA) is 143 Å². The van der Waals surface area contributed by atoms with Gasteiger partial charge in [0.05, 0.1) is 42.6 Å². The fourth-order valence-corrected chi connectivity index (χ4v) is 10.1. The van der Waals surface area contributed by atoms with E-state index in [9.17, 15) is 17.6 Å². The Morgan fingerprint density at radius 1 is 1.11 bits per heavy atom. The summed E-state index contributed by atoms with van der Waals surface area (Å²) in [5, 5.41) is 2.66. The Kier molecular flexibility index (Phi) is 13.5. The average Bonchev–Trinajstić information content (AvgIpc) is 2.97. The molecular weight excluding hydrogens is 595 g/mol. The maximum absolute atomic E-state index is 14.6. The molecule has 4 aliphatic heterocycles. The molecule has 4 rings (SSSR count). The van der Waals surface area contributed by atoms with E-state index in [-0.39, 0.29) is 39.7 Å². The van der Waals surface area contributed by atoms with Crippen molar-refractivity contribution < 1.29 is 22.3 Å². The predicted octanol–water partition coefficient (Wildman–Crippen LogP) is 3.15. The lowest BCUT2D eigenvalue weighted by atomic mass is 9.70. The van der Waals surface area contributed by atoms with Crippen LogP contribution in [0.2, 0.25) is 0 Å². The van der Waals surface area contributed by atoms with Crippen LogP contribution in [-0.4, -0.2) is 111 Å². The van der Waals surface area contributed by atoms with Crippen molar-refractivity contribution in [3.63, 3.8) is 0 Å². The summed E-state index contributed by atoms with van der Waals surface area (Å²) in [6.07, 6.45) is 8.89. The summed E-state index contributed by atoms with van der Waals surface area (Å²) < 4.78 is 46.0. The van der Waals surface area contributed by atoms with E-state index < -0.39 is 28.0 Å². The van der Waals surface area contributed by atoms with Crippen molar-refractivity contribution in [1.29, 1.82) is 0 Å². The maximum atomic E-state index is 14.6. The summed E-state index contributed by atoms with van der Waals surface area (Å²) in [7, 11) is -3.19. The van der Waals surface area contributed by atoms with E-state index in [1.165, 1.54) is 0 Å². The molecule has 5 atom stereocenters. The molecule has 1 amide bonds. The van der Waals surface area contributed by atoms with Gasteiger partial charge in [-0.2, -0.15) is 0 Å². The van der Waals surface area contributed by atoms with Crippen molar-refractivity contribution in [3.05, 3.63) is 5.83 Å². The molecule has 0 aromatic heterocycles. The molecule has 4 aliphatic rings. The molecule has 258 valence electrons. The number of ether oxygens (including phenoxy) is 1. The van der Waals surface area contributed by atoms with Crippen LogP contribution in [0.4, 0.5) is 4.39 Å². The summed E-state index contributed by atoms with van der Waals surface area (Å²) >= 11 is 0. The minimum atomic E-state index is -3.19. The maximum Gasteiger partial charge on any atom is 0.228 e. The van der Waals surface area contributed by atoms with Gasteiger partial charge < -0.3 is 26.4 Å². The van der Waals surface area contributed by atoms with Crippen LogP contribution in [0.3, 0.4) is 0 Å². The average molecular weight is 655 g/mol. The quantitative estimate of drug-likeness (QED) is 0.192. The van der Waals surface area contributed by atoms with Crippen LogP contribution in [0, 0.1) is 11.3 Å². The number of carbonyl (C=O) groups is 1. The molecule has 0 spiro atoms. The van der Waals surface area contributed by atoms with Crippen molar-refractivity contribution in [3.8, 4) is 0 Å². The first-order valence-corrected chi connectivity index (χ1v) is 19.2. The van der Waals surface area contributed by atoms with E-state index in [0.717, 1.165) is 58.0 Å². The Hall–Kier alpha value is -1.40. The van der Waals surface area contributed by atoms with Crippen molar-refractivity contribution in [1.82, 2.24) is 15.1 Å². The van der Waals surface area contributed by atoms with Gasteiger partial charge in [-0.15, -0.1) is 0 Å². The zero-order valence-electron chi connectivity index (χ0n) is 27.9. The van der Waals surface area contributed by atoms with Gasteiger partial charge in [-0.25, -0.2) is 17.8 Å².